The number of aryl methyl sites for hydroxylation is 2. The zero-order valence-corrected chi connectivity index (χ0v) is 11.7. The summed E-state index contributed by atoms with van der Waals surface area (Å²) >= 11 is 0. The Labute approximate surface area is 112 Å². The van der Waals surface area contributed by atoms with Gasteiger partial charge in [-0.15, -0.1) is 0 Å². The van der Waals surface area contributed by atoms with Gasteiger partial charge >= 0.3 is 5.97 Å². The first-order valence-corrected chi connectivity index (χ1v) is 7.70. The largest absolute Gasteiger partial charge is 0.481 e. The summed E-state index contributed by atoms with van der Waals surface area (Å²) in [7, 11) is -3.79. The Balaban J connectivity index is 2.75. The third-order valence-electron chi connectivity index (χ3n) is 2.64. The van der Waals surface area contributed by atoms with Crippen LogP contribution < -0.4 is 5.14 Å². The van der Waals surface area contributed by atoms with Crippen molar-refractivity contribution in [3.8, 4) is 0 Å². The minimum atomic E-state index is -3.79. The fourth-order valence-corrected chi connectivity index (χ4v) is 2.25. The molecule has 0 spiro atoms. The second kappa shape index (κ2) is 6.67. The van der Waals surface area contributed by atoms with Gasteiger partial charge in [0.25, 0.3) is 10.0 Å². The summed E-state index contributed by atoms with van der Waals surface area (Å²) in [5.41, 5.74) is 0. The van der Waals surface area contributed by atoms with Crippen molar-refractivity contribution in [2.24, 2.45) is 5.14 Å². The summed E-state index contributed by atoms with van der Waals surface area (Å²) in [4.78, 5) is 14.4. The van der Waals surface area contributed by atoms with E-state index in [1.54, 1.807) is 4.57 Å². The zero-order valence-electron chi connectivity index (χ0n) is 10.9. The monoisotopic (exact) mass is 289 g/mol. The number of hydrogen-bond donors (Lipinski definition) is 2. The van der Waals surface area contributed by atoms with Crippen LogP contribution in [0.2, 0.25) is 0 Å². The number of hydrogen-bond acceptors (Lipinski definition) is 4. The molecule has 1 rings (SSSR count). The van der Waals surface area contributed by atoms with E-state index in [0.717, 1.165) is 6.42 Å². The molecule has 1 heterocycles. The van der Waals surface area contributed by atoms with Crippen LogP contribution in [0.4, 0.5) is 0 Å². The first-order chi connectivity index (χ1) is 8.84. The molecule has 0 unspecified atom stereocenters. The third kappa shape index (κ3) is 4.99. The number of imidazole rings is 1. The molecule has 0 radical (unpaired) electrons. The van der Waals surface area contributed by atoms with Gasteiger partial charge in [-0.05, 0) is 19.3 Å². The molecule has 19 heavy (non-hydrogen) atoms. The number of unbranched alkanes of at least 4 members (excludes halogenated alkanes) is 1. The van der Waals surface area contributed by atoms with Crippen LogP contribution in [0.25, 0.3) is 0 Å². The van der Waals surface area contributed by atoms with Crippen molar-refractivity contribution in [2.75, 3.05) is 0 Å². The smallest absolute Gasteiger partial charge is 0.303 e. The molecule has 108 valence electrons. The quantitative estimate of drug-likeness (QED) is 0.685. The number of aromatic nitrogens is 2. The standard InChI is InChI=1S/C11H19N3O4S/c1-2-5-9-13-10(19(12,17)18)8-14(9)7-4-3-6-11(15)16/h8H,2-7H2,1H3,(H,15,16)(H2,12,17,18). The normalized spacial score (nSPS) is 11.7. The van der Waals surface area contributed by atoms with Gasteiger partial charge in [-0.3, -0.25) is 4.79 Å². The van der Waals surface area contributed by atoms with E-state index in [2.05, 4.69) is 4.98 Å². The summed E-state index contributed by atoms with van der Waals surface area (Å²) < 4.78 is 24.2. The van der Waals surface area contributed by atoms with Crippen molar-refractivity contribution in [1.82, 2.24) is 9.55 Å². The minimum Gasteiger partial charge on any atom is -0.481 e. The molecule has 0 aliphatic heterocycles. The van der Waals surface area contributed by atoms with Crippen LogP contribution in [0.15, 0.2) is 11.2 Å². The molecule has 7 nitrogen and oxygen atoms in total. The molecule has 1 aromatic heterocycles. The van der Waals surface area contributed by atoms with Crippen LogP contribution in [-0.4, -0.2) is 29.0 Å². The van der Waals surface area contributed by atoms with Gasteiger partial charge in [-0.1, -0.05) is 6.92 Å². The number of primary sulfonamides is 1. The topological polar surface area (TPSA) is 115 Å². The molecule has 0 aromatic carbocycles. The fraction of sp³-hybridized carbons (Fsp3) is 0.636. The van der Waals surface area contributed by atoms with Crippen molar-refractivity contribution in [2.45, 2.75) is 50.6 Å². The first kappa shape index (κ1) is 15.6. The Kier molecular flexibility index (Phi) is 5.49. The maximum absolute atomic E-state index is 11.2. The summed E-state index contributed by atoms with van der Waals surface area (Å²) in [6, 6.07) is 0. The molecule has 1 aromatic rings. The van der Waals surface area contributed by atoms with Crippen LogP contribution in [0.3, 0.4) is 0 Å². The van der Waals surface area contributed by atoms with Crippen LogP contribution in [0.1, 0.15) is 38.4 Å². The number of aliphatic carboxylic acids is 1. The molecule has 0 saturated heterocycles. The number of carboxylic acid groups (broad SMARTS) is 1. The number of rotatable bonds is 8. The predicted octanol–water partition coefficient (Wildman–Crippen LogP) is 0.738. The molecule has 3 N–H and O–H groups in total. The lowest BCUT2D eigenvalue weighted by Gasteiger charge is -2.05. The van der Waals surface area contributed by atoms with E-state index in [-0.39, 0.29) is 11.4 Å². The van der Waals surface area contributed by atoms with Crippen LogP contribution in [0, 0.1) is 0 Å². The van der Waals surface area contributed by atoms with E-state index >= 15 is 0 Å². The Bertz CT molecular complexity index is 536. The van der Waals surface area contributed by atoms with E-state index in [4.69, 9.17) is 10.2 Å². The number of carboxylic acids is 1. The molecule has 0 atom stereocenters. The number of nitrogens with two attached hydrogens (primary N) is 1. The molecule has 0 aliphatic rings. The maximum Gasteiger partial charge on any atom is 0.303 e. The van der Waals surface area contributed by atoms with Crippen molar-refractivity contribution >= 4 is 16.0 Å². The van der Waals surface area contributed by atoms with Gasteiger partial charge in [-0.2, -0.15) is 0 Å². The van der Waals surface area contributed by atoms with Crippen molar-refractivity contribution in [3.05, 3.63) is 12.0 Å². The van der Waals surface area contributed by atoms with Gasteiger partial charge < -0.3 is 9.67 Å². The molecular formula is C11H19N3O4S. The van der Waals surface area contributed by atoms with E-state index in [0.29, 0.717) is 31.6 Å². The molecule has 0 aliphatic carbocycles. The lowest BCUT2D eigenvalue weighted by atomic mass is 10.2. The Morgan fingerprint density at radius 2 is 2.16 bits per heavy atom. The molecule has 0 amide bonds. The van der Waals surface area contributed by atoms with Crippen LogP contribution in [0.5, 0.6) is 0 Å². The van der Waals surface area contributed by atoms with E-state index < -0.39 is 16.0 Å². The van der Waals surface area contributed by atoms with Crippen LogP contribution >= 0.6 is 0 Å². The molecule has 0 fully saturated rings. The Morgan fingerprint density at radius 1 is 1.47 bits per heavy atom. The molecular weight excluding hydrogens is 270 g/mol. The van der Waals surface area contributed by atoms with Crippen molar-refractivity contribution in [1.29, 1.82) is 0 Å². The van der Waals surface area contributed by atoms with E-state index in [1.165, 1.54) is 6.20 Å². The zero-order chi connectivity index (χ0) is 14.5. The predicted molar refractivity (Wildman–Crippen MR) is 69.1 cm³/mol. The molecule has 8 heteroatoms. The third-order valence-corrected chi connectivity index (χ3v) is 3.42. The second-order valence-electron chi connectivity index (χ2n) is 4.33. The maximum atomic E-state index is 11.2. The van der Waals surface area contributed by atoms with E-state index in [9.17, 15) is 13.2 Å². The van der Waals surface area contributed by atoms with Crippen LogP contribution in [-0.2, 0) is 27.8 Å². The lowest BCUT2D eigenvalue weighted by molar-refractivity contribution is -0.137. The van der Waals surface area contributed by atoms with Crippen molar-refractivity contribution in [3.63, 3.8) is 0 Å². The highest BCUT2D eigenvalue weighted by molar-refractivity contribution is 7.89. The molecule has 0 bridgehead atoms. The van der Waals surface area contributed by atoms with Gasteiger partial charge in [0.2, 0.25) is 0 Å². The summed E-state index contributed by atoms with van der Waals surface area (Å²) in [5, 5.41) is 13.5. The SMILES string of the molecule is CCCc1nc(S(N)(=O)=O)cn1CCCCC(=O)O. The van der Waals surface area contributed by atoms with Gasteiger partial charge in [0, 0.05) is 25.6 Å². The summed E-state index contributed by atoms with van der Waals surface area (Å²) in [6.45, 7) is 2.52. The molecule has 0 saturated carbocycles. The average Bonchev–Trinajstić information content (AvgIpc) is 2.68. The van der Waals surface area contributed by atoms with Gasteiger partial charge in [0.15, 0.2) is 5.03 Å². The first-order valence-electron chi connectivity index (χ1n) is 6.15. The highest BCUT2D eigenvalue weighted by Crippen LogP contribution is 2.11. The number of carbonyl (C=O) groups is 1. The highest BCUT2D eigenvalue weighted by Gasteiger charge is 2.15. The van der Waals surface area contributed by atoms with Gasteiger partial charge in [0.05, 0.1) is 0 Å². The fourth-order valence-electron chi connectivity index (χ4n) is 1.74. The average molecular weight is 289 g/mol. The van der Waals surface area contributed by atoms with Gasteiger partial charge in [-0.25, -0.2) is 18.5 Å². The lowest BCUT2D eigenvalue weighted by Crippen LogP contribution is -2.12. The minimum absolute atomic E-state index is 0.111. The number of nitrogens with zero attached hydrogens (tertiary/aromatic N) is 2. The Morgan fingerprint density at radius 3 is 2.68 bits per heavy atom. The summed E-state index contributed by atoms with van der Waals surface area (Å²) in [6.07, 6.45) is 4.23. The van der Waals surface area contributed by atoms with E-state index in [1.807, 2.05) is 6.92 Å². The van der Waals surface area contributed by atoms with Crippen molar-refractivity contribution < 1.29 is 18.3 Å². The number of sulfonamides is 1. The highest BCUT2D eigenvalue weighted by atomic mass is 32.2. The van der Waals surface area contributed by atoms with Gasteiger partial charge in [0.1, 0.15) is 5.82 Å². The summed E-state index contributed by atoms with van der Waals surface area (Å²) in [5.74, 6) is -0.161. The second-order valence-corrected chi connectivity index (χ2v) is 5.84. The Hall–Kier alpha value is -1.41.